The van der Waals surface area contributed by atoms with Gasteiger partial charge in [0.2, 0.25) is 10.0 Å². The summed E-state index contributed by atoms with van der Waals surface area (Å²) < 4.78 is 46.9. The van der Waals surface area contributed by atoms with E-state index in [2.05, 4.69) is 10.0 Å². The van der Waals surface area contributed by atoms with Gasteiger partial charge >= 0.3 is 0 Å². The molecule has 3 rings (SSSR count). The fraction of sp³-hybridized carbons (Fsp3) is 0.316. The van der Waals surface area contributed by atoms with Gasteiger partial charge in [0.25, 0.3) is 0 Å². The van der Waals surface area contributed by atoms with Crippen molar-refractivity contribution in [2.24, 2.45) is 0 Å². The van der Waals surface area contributed by atoms with Crippen molar-refractivity contribution < 1.29 is 17.5 Å². The van der Waals surface area contributed by atoms with E-state index in [0.717, 1.165) is 5.56 Å². The summed E-state index contributed by atoms with van der Waals surface area (Å²) in [7, 11) is -2.44. The third-order valence-corrected chi connectivity index (χ3v) is 6.03. The van der Waals surface area contributed by atoms with Gasteiger partial charge in [0, 0.05) is 31.4 Å². The van der Waals surface area contributed by atoms with Crippen molar-refractivity contribution in [3.63, 3.8) is 0 Å². The molecule has 0 spiro atoms. The molecule has 148 valence electrons. The Balaban J connectivity index is 1.77. The van der Waals surface area contributed by atoms with Gasteiger partial charge in [0.15, 0.2) is 6.19 Å². The standard InChI is InChI=1S/C19H21FN4O3S/c1-27-18-6-5-16(22-11-14-3-2-4-15(20)9-14)10-19(18)28(25,26)23-17-7-8-24(12-17)13-21/h2-6,9-10,17,22-23H,7-8,11-12H2,1H3. The van der Waals surface area contributed by atoms with Crippen molar-refractivity contribution in [1.29, 1.82) is 5.26 Å². The van der Waals surface area contributed by atoms with Crippen LogP contribution in [0.5, 0.6) is 5.75 Å². The predicted octanol–water partition coefficient (Wildman–Crippen LogP) is 2.28. The molecule has 0 aromatic heterocycles. The first-order valence-corrected chi connectivity index (χ1v) is 10.2. The van der Waals surface area contributed by atoms with Gasteiger partial charge in [0.05, 0.1) is 7.11 Å². The average Bonchev–Trinajstić information content (AvgIpc) is 3.13. The van der Waals surface area contributed by atoms with Crippen molar-refractivity contribution in [2.75, 3.05) is 25.5 Å². The van der Waals surface area contributed by atoms with Crippen LogP contribution in [-0.2, 0) is 16.6 Å². The van der Waals surface area contributed by atoms with Gasteiger partial charge in [0.1, 0.15) is 16.5 Å². The van der Waals surface area contributed by atoms with Crippen molar-refractivity contribution in [2.45, 2.75) is 23.9 Å². The topological polar surface area (TPSA) is 94.5 Å². The van der Waals surface area contributed by atoms with E-state index in [0.29, 0.717) is 31.7 Å². The summed E-state index contributed by atoms with van der Waals surface area (Å²) in [5.74, 6) is -0.108. The van der Waals surface area contributed by atoms with Crippen LogP contribution in [0.15, 0.2) is 47.4 Å². The maximum absolute atomic E-state index is 13.3. The molecule has 1 aliphatic heterocycles. The molecule has 2 aromatic carbocycles. The molecule has 2 aromatic rings. The van der Waals surface area contributed by atoms with Gasteiger partial charge in [-0.2, -0.15) is 5.26 Å². The molecule has 1 aliphatic rings. The number of hydrogen-bond donors (Lipinski definition) is 2. The van der Waals surface area contributed by atoms with E-state index in [1.165, 1.54) is 30.2 Å². The maximum Gasteiger partial charge on any atom is 0.244 e. The molecule has 1 saturated heterocycles. The summed E-state index contributed by atoms with van der Waals surface area (Å²) in [5, 5.41) is 12.0. The second kappa shape index (κ2) is 8.46. The van der Waals surface area contributed by atoms with Gasteiger partial charge in [-0.1, -0.05) is 12.1 Å². The molecule has 1 unspecified atom stereocenters. The van der Waals surface area contributed by atoms with Crippen LogP contribution < -0.4 is 14.8 Å². The summed E-state index contributed by atoms with van der Waals surface area (Å²) in [6, 6.07) is 10.6. The van der Waals surface area contributed by atoms with E-state index in [4.69, 9.17) is 10.00 Å². The molecule has 1 atom stereocenters. The van der Waals surface area contributed by atoms with E-state index in [9.17, 15) is 12.8 Å². The largest absolute Gasteiger partial charge is 0.495 e. The lowest BCUT2D eigenvalue weighted by molar-refractivity contribution is 0.402. The third kappa shape index (κ3) is 4.71. The predicted molar refractivity (Wildman–Crippen MR) is 103 cm³/mol. The highest BCUT2D eigenvalue weighted by Gasteiger charge is 2.28. The highest BCUT2D eigenvalue weighted by molar-refractivity contribution is 7.89. The summed E-state index contributed by atoms with van der Waals surface area (Å²) in [4.78, 5) is 1.52. The van der Waals surface area contributed by atoms with Crippen LogP contribution in [0, 0.1) is 17.3 Å². The summed E-state index contributed by atoms with van der Waals surface area (Å²) in [6.45, 7) is 1.21. The monoisotopic (exact) mass is 404 g/mol. The van der Waals surface area contributed by atoms with Gasteiger partial charge in [-0.15, -0.1) is 0 Å². The van der Waals surface area contributed by atoms with Crippen molar-refractivity contribution in [3.05, 3.63) is 53.8 Å². The van der Waals surface area contributed by atoms with Crippen molar-refractivity contribution in [1.82, 2.24) is 9.62 Å². The van der Waals surface area contributed by atoms with Crippen LogP contribution >= 0.6 is 0 Å². The zero-order valence-electron chi connectivity index (χ0n) is 15.4. The van der Waals surface area contributed by atoms with E-state index >= 15 is 0 Å². The first-order valence-electron chi connectivity index (χ1n) is 8.74. The Morgan fingerprint density at radius 2 is 2.14 bits per heavy atom. The number of anilines is 1. The van der Waals surface area contributed by atoms with Gasteiger partial charge < -0.3 is 15.0 Å². The zero-order valence-corrected chi connectivity index (χ0v) is 16.2. The van der Waals surface area contributed by atoms with E-state index in [1.54, 1.807) is 24.3 Å². The Labute approximate surface area is 163 Å². The molecule has 0 amide bonds. The first kappa shape index (κ1) is 19.9. The number of sulfonamides is 1. The molecule has 1 heterocycles. The summed E-state index contributed by atoms with van der Waals surface area (Å²) in [5.41, 5.74) is 1.30. The molecule has 0 saturated carbocycles. The normalized spacial score (nSPS) is 16.6. The van der Waals surface area contributed by atoms with Crippen LogP contribution in [0.4, 0.5) is 10.1 Å². The highest BCUT2D eigenvalue weighted by Crippen LogP contribution is 2.28. The number of nitriles is 1. The fourth-order valence-corrected chi connectivity index (χ4v) is 4.53. The number of benzene rings is 2. The molecule has 2 N–H and O–H groups in total. The van der Waals surface area contributed by atoms with E-state index in [-0.39, 0.29) is 22.5 Å². The van der Waals surface area contributed by atoms with Gasteiger partial charge in [-0.05, 0) is 42.3 Å². The fourth-order valence-electron chi connectivity index (χ4n) is 3.08. The Bertz CT molecular complexity index is 991. The van der Waals surface area contributed by atoms with Crippen molar-refractivity contribution >= 4 is 15.7 Å². The van der Waals surface area contributed by atoms with Crippen LogP contribution in [0.25, 0.3) is 0 Å². The summed E-state index contributed by atoms with van der Waals surface area (Å²) >= 11 is 0. The lowest BCUT2D eigenvalue weighted by Crippen LogP contribution is -2.36. The summed E-state index contributed by atoms with van der Waals surface area (Å²) in [6.07, 6.45) is 2.59. The first-order chi connectivity index (χ1) is 13.4. The minimum Gasteiger partial charge on any atom is -0.495 e. The number of likely N-dealkylation sites (tertiary alicyclic amines) is 1. The Morgan fingerprint density at radius 3 is 2.82 bits per heavy atom. The number of ether oxygens (including phenoxy) is 1. The third-order valence-electron chi connectivity index (χ3n) is 4.49. The minimum atomic E-state index is -3.84. The highest BCUT2D eigenvalue weighted by atomic mass is 32.2. The molecular weight excluding hydrogens is 383 g/mol. The average molecular weight is 404 g/mol. The van der Waals surface area contributed by atoms with Crippen LogP contribution in [-0.4, -0.2) is 39.6 Å². The number of methoxy groups -OCH3 is 1. The van der Waals surface area contributed by atoms with Crippen LogP contribution in [0.1, 0.15) is 12.0 Å². The Morgan fingerprint density at radius 1 is 1.32 bits per heavy atom. The molecule has 1 fully saturated rings. The maximum atomic E-state index is 13.3. The Kier molecular flexibility index (Phi) is 6.02. The second-order valence-corrected chi connectivity index (χ2v) is 8.18. The SMILES string of the molecule is COc1ccc(NCc2cccc(F)c2)cc1S(=O)(=O)NC1CCN(C#N)C1. The molecular formula is C19H21FN4O3S. The van der Waals surface area contributed by atoms with Gasteiger partial charge in [-0.25, -0.2) is 17.5 Å². The van der Waals surface area contributed by atoms with E-state index < -0.39 is 10.0 Å². The molecule has 7 nitrogen and oxygen atoms in total. The molecule has 0 radical (unpaired) electrons. The lowest BCUT2D eigenvalue weighted by atomic mass is 10.2. The number of halogens is 1. The molecule has 9 heteroatoms. The van der Waals surface area contributed by atoms with Gasteiger partial charge in [-0.3, -0.25) is 0 Å². The van der Waals surface area contributed by atoms with Crippen LogP contribution in [0.2, 0.25) is 0 Å². The molecule has 28 heavy (non-hydrogen) atoms. The molecule has 0 aliphatic carbocycles. The zero-order chi connectivity index (χ0) is 20.1. The minimum absolute atomic E-state index is 0.00894. The number of nitrogens with zero attached hydrogens (tertiary/aromatic N) is 2. The van der Waals surface area contributed by atoms with Crippen molar-refractivity contribution in [3.8, 4) is 11.9 Å². The molecule has 0 bridgehead atoms. The number of hydrogen-bond acceptors (Lipinski definition) is 6. The smallest absolute Gasteiger partial charge is 0.244 e. The lowest BCUT2D eigenvalue weighted by Gasteiger charge is -2.16. The Hall–Kier alpha value is -2.83. The number of rotatable bonds is 7. The van der Waals surface area contributed by atoms with Crippen LogP contribution in [0.3, 0.4) is 0 Å². The quantitative estimate of drug-likeness (QED) is 0.688. The second-order valence-electron chi connectivity index (χ2n) is 6.50. The number of nitrogens with one attached hydrogen (secondary N) is 2. The van der Waals surface area contributed by atoms with E-state index in [1.807, 2.05) is 6.19 Å².